The number of aromatic nitrogens is 1. The fourth-order valence-electron chi connectivity index (χ4n) is 3.71. The molecule has 1 amide bonds. The molecular formula is C25H22N4O4S2. The van der Waals surface area contributed by atoms with Crippen molar-refractivity contribution >= 4 is 46.1 Å². The number of methoxy groups -OCH3 is 1. The van der Waals surface area contributed by atoms with Crippen molar-refractivity contribution in [3.63, 3.8) is 0 Å². The van der Waals surface area contributed by atoms with Crippen LogP contribution in [0.3, 0.4) is 0 Å². The van der Waals surface area contributed by atoms with E-state index in [1.165, 1.54) is 21.2 Å². The molecule has 0 radical (unpaired) electrons. The van der Waals surface area contributed by atoms with Gasteiger partial charge in [-0.3, -0.25) is 19.1 Å². The number of nitriles is 1. The van der Waals surface area contributed by atoms with E-state index in [2.05, 4.69) is 5.32 Å². The van der Waals surface area contributed by atoms with Crippen molar-refractivity contribution in [2.75, 3.05) is 12.4 Å². The standard InChI is InChI=1S/C25H22N4O4S2/c1-15-19(22(27-13-18-5-4-10-33-18)28(2)23(30)20(15)12-26)11-21-24(31)29(25(34)35-21)14-16-6-8-17(32-3)9-7-16/h4-11,27H,13-14H2,1-3H3/b21-11-. The first-order valence-electron chi connectivity index (χ1n) is 10.6. The SMILES string of the molecule is COc1ccc(CN2C(=O)/C(=C/c3c(C)c(C#N)c(=O)n(C)c3NCc3ccco3)SC2=S)cc1. The quantitative estimate of drug-likeness (QED) is 0.376. The molecule has 0 saturated carbocycles. The van der Waals surface area contributed by atoms with Gasteiger partial charge in [0.1, 0.15) is 33.3 Å². The molecule has 2 aromatic heterocycles. The highest BCUT2D eigenvalue weighted by atomic mass is 32.2. The van der Waals surface area contributed by atoms with Crippen LogP contribution in [0.25, 0.3) is 6.08 Å². The smallest absolute Gasteiger partial charge is 0.270 e. The summed E-state index contributed by atoms with van der Waals surface area (Å²) in [5.41, 5.74) is 1.57. The van der Waals surface area contributed by atoms with Crippen LogP contribution in [0.15, 0.2) is 56.8 Å². The van der Waals surface area contributed by atoms with E-state index in [-0.39, 0.29) is 11.5 Å². The predicted molar refractivity (Wildman–Crippen MR) is 139 cm³/mol. The Kier molecular flexibility index (Phi) is 7.10. The first kappa shape index (κ1) is 24.3. The lowest BCUT2D eigenvalue weighted by Crippen LogP contribution is -2.27. The average Bonchev–Trinajstić information content (AvgIpc) is 3.47. The summed E-state index contributed by atoms with van der Waals surface area (Å²) in [6.45, 7) is 2.35. The molecule has 0 unspecified atom stereocenters. The Hall–Kier alpha value is -3.81. The molecule has 0 spiro atoms. The summed E-state index contributed by atoms with van der Waals surface area (Å²) >= 11 is 6.68. The van der Waals surface area contributed by atoms with Crippen LogP contribution in [0, 0.1) is 18.3 Å². The second-order valence-corrected chi connectivity index (χ2v) is 9.46. The van der Waals surface area contributed by atoms with Gasteiger partial charge in [-0.1, -0.05) is 36.1 Å². The lowest BCUT2D eigenvalue weighted by molar-refractivity contribution is -0.122. The second kappa shape index (κ2) is 10.2. The van der Waals surface area contributed by atoms with E-state index in [1.54, 1.807) is 39.5 Å². The van der Waals surface area contributed by atoms with E-state index in [0.717, 1.165) is 11.3 Å². The summed E-state index contributed by atoms with van der Waals surface area (Å²) in [7, 11) is 3.18. The third kappa shape index (κ3) is 4.87. The molecule has 3 aromatic rings. The van der Waals surface area contributed by atoms with Crippen molar-refractivity contribution in [3.05, 3.63) is 85.9 Å². The molecule has 1 aliphatic rings. The van der Waals surface area contributed by atoms with E-state index in [0.29, 0.717) is 45.0 Å². The van der Waals surface area contributed by atoms with Crippen molar-refractivity contribution in [1.29, 1.82) is 5.26 Å². The summed E-state index contributed by atoms with van der Waals surface area (Å²) in [6, 6.07) is 13.0. The average molecular weight is 507 g/mol. The number of ether oxygens (including phenoxy) is 1. The topological polar surface area (TPSA) is 101 Å². The minimum Gasteiger partial charge on any atom is -0.497 e. The number of pyridine rings is 1. The number of nitrogens with one attached hydrogen (secondary N) is 1. The zero-order valence-electron chi connectivity index (χ0n) is 19.3. The van der Waals surface area contributed by atoms with Gasteiger partial charge in [0.2, 0.25) is 0 Å². The molecule has 1 aliphatic heterocycles. The van der Waals surface area contributed by atoms with E-state index < -0.39 is 5.56 Å². The molecule has 0 aliphatic carbocycles. The molecule has 178 valence electrons. The minimum absolute atomic E-state index is 0.0241. The van der Waals surface area contributed by atoms with Gasteiger partial charge < -0.3 is 14.5 Å². The molecule has 4 rings (SSSR count). The van der Waals surface area contributed by atoms with Crippen LogP contribution in [-0.4, -0.2) is 26.8 Å². The number of amides is 1. The molecular weight excluding hydrogens is 484 g/mol. The van der Waals surface area contributed by atoms with Gasteiger partial charge in [0.05, 0.1) is 31.4 Å². The molecule has 1 saturated heterocycles. The molecule has 8 nitrogen and oxygen atoms in total. The lowest BCUT2D eigenvalue weighted by Gasteiger charge is -2.17. The van der Waals surface area contributed by atoms with Crippen LogP contribution in [0.2, 0.25) is 0 Å². The Bertz CT molecular complexity index is 1420. The maximum absolute atomic E-state index is 13.3. The summed E-state index contributed by atoms with van der Waals surface area (Å²) in [6.07, 6.45) is 3.25. The van der Waals surface area contributed by atoms with Crippen molar-refractivity contribution in [3.8, 4) is 11.8 Å². The lowest BCUT2D eigenvalue weighted by atomic mass is 10.0. The van der Waals surface area contributed by atoms with Gasteiger partial charge in [-0.15, -0.1) is 0 Å². The Morgan fingerprint density at radius 3 is 2.63 bits per heavy atom. The fourth-order valence-corrected chi connectivity index (χ4v) is 4.95. The predicted octanol–water partition coefficient (Wildman–Crippen LogP) is 4.18. The van der Waals surface area contributed by atoms with Crippen LogP contribution >= 0.6 is 24.0 Å². The monoisotopic (exact) mass is 506 g/mol. The van der Waals surface area contributed by atoms with Gasteiger partial charge in [-0.05, 0) is 48.4 Å². The van der Waals surface area contributed by atoms with Gasteiger partial charge in [0.15, 0.2) is 0 Å². The molecule has 1 N–H and O–H groups in total. The van der Waals surface area contributed by atoms with Gasteiger partial charge in [-0.2, -0.15) is 5.26 Å². The Morgan fingerprint density at radius 1 is 1.26 bits per heavy atom. The van der Waals surface area contributed by atoms with Crippen LogP contribution < -0.4 is 15.6 Å². The summed E-state index contributed by atoms with van der Waals surface area (Å²) in [4.78, 5) is 28.0. The van der Waals surface area contributed by atoms with E-state index in [1.807, 2.05) is 36.4 Å². The first-order chi connectivity index (χ1) is 16.8. The van der Waals surface area contributed by atoms with Gasteiger partial charge >= 0.3 is 0 Å². The number of furan rings is 1. The fraction of sp³-hybridized carbons (Fsp3) is 0.200. The van der Waals surface area contributed by atoms with Gasteiger partial charge in [0.25, 0.3) is 11.5 Å². The summed E-state index contributed by atoms with van der Waals surface area (Å²) in [5.74, 6) is 1.64. The van der Waals surface area contributed by atoms with Crippen molar-refractivity contribution in [1.82, 2.24) is 9.47 Å². The number of carbonyl (C=O) groups is 1. The number of hydrogen-bond donors (Lipinski definition) is 1. The number of nitrogens with zero attached hydrogens (tertiary/aromatic N) is 3. The molecule has 35 heavy (non-hydrogen) atoms. The van der Waals surface area contributed by atoms with Crippen LogP contribution in [0.5, 0.6) is 5.75 Å². The van der Waals surface area contributed by atoms with E-state index >= 15 is 0 Å². The largest absolute Gasteiger partial charge is 0.497 e. The third-order valence-electron chi connectivity index (χ3n) is 5.66. The van der Waals surface area contributed by atoms with E-state index in [4.69, 9.17) is 21.4 Å². The number of hydrogen-bond acceptors (Lipinski definition) is 8. The maximum Gasteiger partial charge on any atom is 0.270 e. The first-order valence-corrected chi connectivity index (χ1v) is 11.8. The van der Waals surface area contributed by atoms with Crippen LogP contribution in [-0.2, 0) is 24.9 Å². The minimum atomic E-state index is -0.420. The van der Waals surface area contributed by atoms with Gasteiger partial charge in [0, 0.05) is 12.6 Å². The summed E-state index contributed by atoms with van der Waals surface area (Å²) < 4.78 is 12.4. The van der Waals surface area contributed by atoms with Crippen molar-refractivity contribution < 1.29 is 13.9 Å². The highest BCUT2D eigenvalue weighted by molar-refractivity contribution is 8.26. The van der Waals surface area contributed by atoms with Crippen molar-refractivity contribution in [2.45, 2.75) is 20.0 Å². The molecule has 0 bridgehead atoms. The normalized spacial score (nSPS) is 14.5. The Balaban J connectivity index is 1.69. The Morgan fingerprint density at radius 2 is 2.00 bits per heavy atom. The third-order valence-corrected chi connectivity index (χ3v) is 7.04. The molecule has 0 atom stereocenters. The number of anilines is 1. The molecule has 3 heterocycles. The number of benzene rings is 1. The Labute approximate surface area is 211 Å². The second-order valence-electron chi connectivity index (χ2n) is 7.79. The number of carbonyl (C=O) groups excluding carboxylic acids is 1. The van der Waals surface area contributed by atoms with E-state index in [9.17, 15) is 14.9 Å². The van der Waals surface area contributed by atoms with Crippen LogP contribution in [0.1, 0.15) is 28.0 Å². The summed E-state index contributed by atoms with van der Waals surface area (Å²) in [5, 5.41) is 12.8. The highest BCUT2D eigenvalue weighted by Gasteiger charge is 2.33. The molecule has 1 aromatic carbocycles. The van der Waals surface area contributed by atoms with Crippen molar-refractivity contribution in [2.24, 2.45) is 7.05 Å². The number of rotatable bonds is 7. The zero-order chi connectivity index (χ0) is 25.1. The molecule has 1 fully saturated rings. The zero-order valence-corrected chi connectivity index (χ0v) is 21.0. The molecule has 10 heteroatoms. The highest BCUT2D eigenvalue weighted by Crippen LogP contribution is 2.36. The van der Waals surface area contributed by atoms with Gasteiger partial charge in [-0.25, -0.2) is 0 Å². The maximum atomic E-state index is 13.3. The number of thiocarbonyl (C=S) groups is 1. The number of thioether (sulfide) groups is 1. The van der Waals surface area contributed by atoms with Crippen LogP contribution in [0.4, 0.5) is 5.82 Å².